The number of aryl methyl sites for hydroxylation is 1. The monoisotopic (exact) mass is 287 g/mol. The molecule has 2 rings (SSSR count). The fourth-order valence-corrected chi connectivity index (χ4v) is 2.03. The number of anilines is 1. The van der Waals surface area contributed by atoms with Gasteiger partial charge in [-0.05, 0) is 18.1 Å². The summed E-state index contributed by atoms with van der Waals surface area (Å²) in [5.41, 5.74) is 2.16. The molecule has 2 aromatic rings. The minimum atomic E-state index is -0.132. The molecule has 0 aliphatic carbocycles. The summed E-state index contributed by atoms with van der Waals surface area (Å²) in [5.74, 6) is 1.29. The molecule has 0 saturated heterocycles. The van der Waals surface area contributed by atoms with Crippen molar-refractivity contribution in [2.24, 2.45) is 0 Å². The van der Waals surface area contributed by atoms with Gasteiger partial charge >= 0.3 is 0 Å². The molecular formula is C16H21N3O2. The number of hydrogen-bond acceptors (Lipinski definition) is 4. The number of benzene rings is 1. The third-order valence-corrected chi connectivity index (χ3v) is 3.17. The van der Waals surface area contributed by atoms with E-state index in [1.165, 1.54) is 6.07 Å². The van der Waals surface area contributed by atoms with Gasteiger partial charge < -0.3 is 15.0 Å². The second-order valence-electron chi connectivity index (χ2n) is 4.69. The van der Waals surface area contributed by atoms with E-state index in [2.05, 4.69) is 27.4 Å². The smallest absolute Gasteiger partial charge is 0.252 e. The van der Waals surface area contributed by atoms with Gasteiger partial charge in [0.15, 0.2) is 0 Å². The Balaban J connectivity index is 2.09. The Morgan fingerprint density at radius 3 is 2.71 bits per heavy atom. The molecule has 0 amide bonds. The molecule has 1 heterocycles. The van der Waals surface area contributed by atoms with Crippen LogP contribution < -0.4 is 10.9 Å². The molecular weight excluding hydrogens is 266 g/mol. The van der Waals surface area contributed by atoms with Crippen molar-refractivity contribution in [3.63, 3.8) is 0 Å². The summed E-state index contributed by atoms with van der Waals surface area (Å²) in [7, 11) is 0. The van der Waals surface area contributed by atoms with Gasteiger partial charge in [0.05, 0.1) is 6.61 Å². The molecule has 0 aliphatic heterocycles. The first-order valence-electron chi connectivity index (χ1n) is 7.21. The van der Waals surface area contributed by atoms with Crippen molar-refractivity contribution in [1.82, 2.24) is 9.97 Å². The van der Waals surface area contributed by atoms with Crippen LogP contribution in [0.25, 0.3) is 0 Å². The zero-order valence-electron chi connectivity index (χ0n) is 12.5. The van der Waals surface area contributed by atoms with Crippen LogP contribution in [0.1, 0.15) is 30.8 Å². The first-order valence-corrected chi connectivity index (χ1v) is 7.21. The van der Waals surface area contributed by atoms with Crippen molar-refractivity contribution in [2.75, 3.05) is 11.9 Å². The first kappa shape index (κ1) is 15.3. The molecule has 0 spiro atoms. The average molecular weight is 287 g/mol. The summed E-state index contributed by atoms with van der Waals surface area (Å²) >= 11 is 0. The fraction of sp³-hybridized carbons (Fsp3) is 0.375. The maximum atomic E-state index is 11.5. The lowest BCUT2D eigenvalue weighted by molar-refractivity contribution is 0.133. The van der Waals surface area contributed by atoms with Crippen molar-refractivity contribution in [3.8, 4) is 0 Å². The van der Waals surface area contributed by atoms with Crippen molar-refractivity contribution in [2.45, 2.75) is 33.4 Å². The molecule has 0 atom stereocenters. The normalized spacial score (nSPS) is 10.6. The highest BCUT2D eigenvalue weighted by Gasteiger charge is 2.04. The van der Waals surface area contributed by atoms with Crippen LogP contribution in [0.3, 0.4) is 0 Å². The van der Waals surface area contributed by atoms with Gasteiger partial charge in [0.2, 0.25) is 0 Å². The Morgan fingerprint density at radius 1 is 1.24 bits per heavy atom. The molecule has 5 nitrogen and oxygen atoms in total. The van der Waals surface area contributed by atoms with Crippen LogP contribution in [0.2, 0.25) is 0 Å². The van der Waals surface area contributed by atoms with Crippen LogP contribution in [-0.4, -0.2) is 16.6 Å². The number of nitrogens with zero attached hydrogens (tertiary/aromatic N) is 1. The van der Waals surface area contributed by atoms with Crippen LogP contribution in [0, 0.1) is 0 Å². The van der Waals surface area contributed by atoms with Crippen LogP contribution >= 0.6 is 0 Å². The summed E-state index contributed by atoms with van der Waals surface area (Å²) in [6, 6.07) is 9.57. The number of hydrogen-bond donors (Lipinski definition) is 2. The van der Waals surface area contributed by atoms with Crippen LogP contribution in [0.5, 0.6) is 0 Å². The van der Waals surface area contributed by atoms with Crippen LogP contribution in [0.4, 0.5) is 5.82 Å². The van der Waals surface area contributed by atoms with Crippen molar-refractivity contribution >= 4 is 5.82 Å². The van der Waals surface area contributed by atoms with Gasteiger partial charge in [0.1, 0.15) is 11.6 Å². The lowest BCUT2D eigenvalue weighted by atomic mass is 10.1. The lowest BCUT2D eigenvalue weighted by Gasteiger charge is -2.11. The largest absolute Gasteiger partial charge is 0.377 e. The molecule has 0 bridgehead atoms. The molecule has 1 aromatic carbocycles. The van der Waals surface area contributed by atoms with Crippen molar-refractivity contribution in [1.29, 1.82) is 0 Å². The van der Waals surface area contributed by atoms with Gasteiger partial charge in [0, 0.05) is 25.6 Å². The molecule has 0 fully saturated rings. The van der Waals surface area contributed by atoms with Gasteiger partial charge in [0.25, 0.3) is 5.56 Å². The number of H-pyrrole nitrogens is 1. The second kappa shape index (κ2) is 7.59. The standard InChI is InChI=1S/C16H21N3O2/c1-3-14-18-15(9-16(20)19-14)17-10-12-7-5-6-8-13(12)11-21-4-2/h5-9H,3-4,10-11H2,1-2H3,(H2,17,18,19,20). The maximum Gasteiger partial charge on any atom is 0.252 e. The highest BCUT2D eigenvalue weighted by molar-refractivity contribution is 5.36. The summed E-state index contributed by atoms with van der Waals surface area (Å²) in [5, 5.41) is 3.21. The molecule has 0 unspecified atom stereocenters. The van der Waals surface area contributed by atoms with Crippen molar-refractivity contribution in [3.05, 3.63) is 57.6 Å². The summed E-state index contributed by atoms with van der Waals surface area (Å²) in [6.45, 7) is 5.84. The number of rotatable bonds is 7. The van der Waals surface area contributed by atoms with E-state index in [0.29, 0.717) is 37.8 Å². The molecule has 0 radical (unpaired) electrons. The lowest BCUT2D eigenvalue weighted by Crippen LogP contribution is -2.13. The third kappa shape index (κ3) is 4.43. The van der Waals surface area contributed by atoms with E-state index in [4.69, 9.17) is 4.74 Å². The van der Waals surface area contributed by atoms with E-state index >= 15 is 0 Å². The highest BCUT2D eigenvalue weighted by atomic mass is 16.5. The SMILES string of the molecule is CCOCc1ccccc1CNc1cc(=O)[nH]c(CC)n1. The Bertz CT molecular complexity index is 637. The number of ether oxygens (including phenoxy) is 1. The molecule has 5 heteroatoms. The van der Waals surface area contributed by atoms with E-state index in [1.807, 2.05) is 26.0 Å². The second-order valence-corrected chi connectivity index (χ2v) is 4.69. The van der Waals surface area contributed by atoms with Crippen LogP contribution in [0.15, 0.2) is 35.1 Å². The summed E-state index contributed by atoms with van der Waals surface area (Å²) < 4.78 is 5.47. The van der Waals surface area contributed by atoms with E-state index in [-0.39, 0.29) is 5.56 Å². The molecule has 112 valence electrons. The number of nitrogens with one attached hydrogen (secondary N) is 2. The van der Waals surface area contributed by atoms with Gasteiger partial charge in [-0.3, -0.25) is 4.79 Å². The van der Waals surface area contributed by atoms with E-state index in [0.717, 1.165) is 11.1 Å². The Hall–Kier alpha value is -2.14. The van der Waals surface area contributed by atoms with E-state index in [1.54, 1.807) is 0 Å². The predicted molar refractivity (Wildman–Crippen MR) is 83.3 cm³/mol. The molecule has 0 saturated carbocycles. The minimum absolute atomic E-state index is 0.132. The minimum Gasteiger partial charge on any atom is -0.377 e. The number of aromatic amines is 1. The number of aromatic nitrogens is 2. The van der Waals surface area contributed by atoms with E-state index < -0.39 is 0 Å². The fourth-order valence-electron chi connectivity index (χ4n) is 2.03. The third-order valence-electron chi connectivity index (χ3n) is 3.17. The summed E-state index contributed by atoms with van der Waals surface area (Å²) in [6.07, 6.45) is 0.700. The van der Waals surface area contributed by atoms with Gasteiger partial charge in [-0.25, -0.2) is 4.98 Å². The van der Waals surface area contributed by atoms with E-state index in [9.17, 15) is 4.79 Å². The quantitative estimate of drug-likeness (QED) is 0.821. The average Bonchev–Trinajstić information content (AvgIpc) is 2.51. The highest BCUT2D eigenvalue weighted by Crippen LogP contribution is 2.12. The van der Waals surface area contributed by atoms with Crippen LogP contribution in [-0.2, 0) is 24.3 Å². The predicted octanol–water partition coefficient (Wildman–Crippen LogP) is 2.48. The Labute approximate surface area is 124 Å². The first-order chi connectivity index (χ1) is 10.2. The van der Waals surface area contributed by atoms with Gasteiger partial charge in [-0.1, -0.05) is 31.2 Å². The van der Waals surface area contributed by atoms with Crippen molar-refractivity contribution < 1.29 is 4.74 Å². The zero-order chi connectivity index (χ0) is 15.1. The topological polar surface area (TPSA) is 67.0 Å². The Morgan fingerprint density at radius 2 is 2.00 bits per heavy atom. The summed E-state index contributed by atoms with van der Waals surface area (Å²) in [4.78, 5) is 18.6. The molecule has 1 aromatic heterocycles. The molecule has 2 N–H and O–H groups in total. The van der Waals surface area contributed by atoms with Gasteiger partial charge in [-0.15, -0.1) is 0 Å². The Kier molecular flexibility index (Phi) is 5.51. The molecule has 0 aliphatic rings. The molecule has 21 heavy (non-hydrogen) atoms. The maximum absolute atomic E-state index is 11.5. The van der Waals surface area contributed by atoms with Gasteiger partial charge in [-0.2, -0.15) is 0 Å². The zero-order valence-corrected chi connectivity index (χ0v) is 12.5.